The number of amides is 1. The topological polar surface area (TPSA) is 63.5 Å². The fraction of sp³-hybridized carbons (Fsp3) is 0.375. The summed E-state index contributed by atoms with van der Waals surface area (Å²) in [4.78, 5) is 21.8. The largest absolute Gasteiger partial charge is 0.495 e. The molecule has 4 rings (SSSR count). The van der Waals surface area contributed by atoms with Gasteiger partial charge in [0.05, 0.1) is 28.5 Å². The number of aromatic nitrogens is 3. The average molecular weight is 488 g/mol. The number of halogens is 2. The van der Waals surface area contributed by atoms with E-state index in [1.54, 1.807) is 18.0 Å². The summed E-state index contributed by atoms with van der Waals surface area (Å²) >= 11 is 12.7. The van der Waals surface area contributed by atoms with Gasteiger partial charge in [-0.15, -0.1) is 0 Å². The molecule has 1 aromatic carbocycles. The molecule has 0 bridgehead atoms. The maximum Gasteiger partial charge on any atom is 0.244 e. The van der Waals surface area contributed by atoms with Crippen molar-refractivity contribution in [1.29, 1.82) is 0 Å². The van der Waals surface area contributed by atoms with Crippen LogP contribution in [-0.4, -0.2) is 57.9 Å². The fourth-order valence-corrected chi connectivity index (χ4v) is 4.65. The van der Waals surface area contributed by atoms with Crippen LogP contribution in [0.15, 0.2) is 42.6 Å². The molecule has 3 heterocycles. The molecule has 3 aromatic rings. The number of piperazine rings is 1. The SMILES string of the molecule is COc1cc(N2C[C@@H](C)N(C(=O)Cn3nc(-c4ccccn4)c(Cl)c3C)C[C@@H]2C)ccc1Cl. The lowest BCUT2D eigenvalue weighted by Gasteiger charge is -2.45. The summed E-state index contributed by atoms with van der Waals surface area (Å²) < 4.78 is 7.04. The number of pyridine rings is 1. The van der Waals surface area contributed by atoms with Gasteiger partial charge in [0.25, 0.3) is 0 Å². The number of benzene rings is 1. The Labute approximate surface area is 203 Å². The highest BCUT2D eigenvalue weighted by Gasteiger charge is 2.33. The van der Waals surface area contributed by atoms with Crippen molar-refractivity contribution in [2.24, 2.45) is 0 Å². The number of methoxy groups -OCH3 is 1. The summed E-state index contributed by atoms with van der Waals surface area (Å²) in [5.41, 5.74) is 3.05. The van der Waals surface area contributed by atoms with Crippen LogP contribution in [0.25, 0.3) is 11.4 Å². The van der Waals surface area contributed by atoms with Crippen molar-refractivity contribution >= 4 is 34.8 Å². The van der Waals surface area contributed by atoms with Crippen LogP contribution in [-0.2, 0) is 11.3 Å². The maximum absolute atomic E-state index is 13.3. The lowest BCUT2D eigenvalue weighted by Crippen LogP contribution is -2.58. The van der Waals surface area contributed by atoms with Gasteiger partial charge in [-0.05, 0) is 45.0 Å². The van der Waals surface area contributed by atoms with Gasteiger partial charge in [0, 0.05) is 43.1 Å². The van der Waals surface area contributed by atoms with Crippen LogP contribution in [0.2, 0.25) is 10.0 Å². The highest BCUT2D eigenvalue weighted by Crippen LogP contribution is 2.32. The number of ether oxygens (including phenoxy) is 1. The van der Waals surface area contributed by atoms with E-state index < -0.39 is 0 Å². The predicted octanol–water partition coefficient (Wildman–Crippen LogP) is 4.69. The molecular formula is C24H27Cl2N5O2. The molecule has 1 saturated heterocycles. The van der Waals surface area contributed by atoms with E-state index in [-0.39, 0.29) is 24.5 Å². The third-order valence-electron chi connectivity index (χ3n) is 6.10. The highest BCUT2D eigenvalue weighted by atomic mass is 35.5. The van der Waals surface area contributed by atoms with Gasteiger partial charge in [-0.2, -0.15) is 5.10 Å². The van der Waals surface area contributed by atoms with E-state index in [0.717, 1.165) is 11.4 Å². The van der Waals surface area contributed by atoms with Crippen molar-refractivity contribution in [3.05, 3.63) is 58.3 Å². The van der Waals surface area contributed by atoms with Crippen molar-refractivity contribution in [1.82, 2.24) is 19.7 Å². The molecule has 1 aliphatic heterocycles. The Hall–Kier alpha value is -2.77. The molecule has 0 spiro atoms. The third kappa shape index (κ3) is 4.66. The van der Waals surface area contributed by atoms with Crippen molar-refractivity contribution in [3.63, 3.8) is 0 Å². The number of carbonyl (C=O) groups is 1. The third-order valence-corrected chi connectivity index (χ3v) is 6.86. The smallest absolute Gasteiger partial charge is 0.244 e. The van der Waals surface area contributed by atoms with Gasteiger partial charge in [-0.3, -0.25) is 14.5 Å². The number of carbonyl (C=O) groups excluding carboxylic acids is 1. The zero-order valence-electron chi connectivity index (χ0n) is 19.1. The molecule has 0 N–H and O–H groups in total. The van der Waals surface area contributed by atoms with E-state index in [2.05, 4.69) is 28.8 Å². The minimum Gasteiger partial charge on any atom is -0.495 e. The van der Waals surface area contributed by atoms with Gasteiger partial charge >= 0.3 is 0 Å². The Morgan fingerprint density at radius 3 is 2.64 bits per heavy atom. The molecule has 1 amide bonds. The predicted molar refractivity (Wildman–Crippen MR) is 131 cm³/mol. The van der Waals surface area contributed by atoms with Gasteiger partial charge in [0.15, 0.2) is 0 Å². The van der Waals surface area contributed by atoms with Crippen molar-refractivity contribution in [3.8, 4) is 17.1 Å². The van der Waals surface area contributed by atoms with Crippen LogP contribution in [0, 0.1) is 6.92 Å². The molecule has 0 radical (unpaired) electrons. The molecule has 1 aliphatic rings. The Morgan fingerprint density at radius 2 is 1.94 bits per heavy atom. The van der Waals surface area contributed by atoms with E-state index in [1.807, 2.05) is 48.2 Å². The Morgan fingerprint density at radius 1 is 1.15 bits per heavy atom. The Kier molecular flexibility index (Phi) is 6.81. The highest BCUT2D eigenvalue weighted by molar-refractivity contribution is 6.33. The second-order valence-electron chi connectivity index (χ2n) is 8.34. The summed E-state index contributed by atoms with van der Waals surface area (Å²) in [5.74, 6) is 0.653. The molecule has 7 nitrogen and oxygen atoms in total. The second kappa shape index (κ2) is 9.61. The number of hydrogen-bond donors (Lipinski definition) is 0. The van der Waals surface area contributed by atoms with Gasteiger partial charge in [-0.1, -0.05) is 29.3 Å². The minimum atomic E-state index is 0.0116. The average Bonchev–Trinajstić information content (AvgIpc) is 3.09. The summed E-state index contributed by atoms with van der Waals surface area (Å²) in [6.07, 6.45) is 1.70. The van der Waals surface area contributed by atoms with Crippen molar-refractivity contribution in [2.45, 2.75) is 39.4 Å². The summed E-state index contributed by atoms with van der Waals surface area (Å²) in [5, 5.41) is 5.68. The van der Waals surface area contributed by atoms with Gasteiger partial charge < -0.3 is 14.5 Å². The molecule has 2 atom stereocenters. The monoisotopic (exact) mass is 487 g/mol. The van der Waals surface area contributed by atoms with Crippen LogP contribution in [0.5, 0.6) is 5.75 Å². The minimum absolute atomic E-state index is 0.0116. The van der Waals surface area contributed by atoms with E-state index in [4.69, 9.17) is 27.9 Å². The van der Waals surface area contributed by atoms with E-state index >= 15 is 0 Å². The molecule has 174 valence electrons. The molecular weight excluding hydrogens is 461 g/mol. The van der Waals surface area contributed by atoms with Gasteiger partial charge in [0.2, 0.25) is 5.91 Å². The molecule has 0 unspecified atom stereocenters. The zero-order chi connectivity index (χ0) is 23.7. The quantitative estimate of drug-likeness (QED) is 0.521. The number of rotatable bonds is 5. The van der Waals surface area contributed by atoms with Crippen LogP contribution >= 0.6 is 23.2 Å². The molecule has 2 aromatic heterocycles. The van der Waals surface area contributed by atoms with Crippen LogP contribution < -0.4 is 9.64 Å². The molecule has 33 heavy (non-hydrogen) atoms. The Bertz CT molecular complexity index is 1150. The van der Waals surface area contributed by atoms with Gasteiger partial charge in [-0.25, -0.2) is 0 Å². The first-order valence-electron chi connectivity index (χ1n) is 10.8. The standard InChI is InChI=1S/C24H27Cl2N5O2/c1-15-13-30(16(2)12-29(15)18-8-9-19(25)21(11-18)33-4)22(32)14-31-17(3)23(26)24(28-31)20-7-5-6-10-27-20/h5-11,15-16H,12-14H2,1-4H3/t15-,16+/m0/s1. The molecule has 0 aliphatic carbocycles. The first kappa shape index (κ1) is 23.4. The van der Waals surface area contributed by atoms with Gasteiger partial charge in [0.1, 0.15) is 18.0 Å². The van der Waals surface area contributed by atoms with E-state index in [1.165, 1.54) is 0 Å². The van der Waals surface area contributed by atoms with Crippen molar-refractivity contribution < 1.29 is 9.53 Å². The summed E-state index contributed by atoms with van der Waals surface area (Å²) in [7, 11) is 1.61. The lowest BCUT2D eigenvalue weighted by molar-refractivity contribution is -0.135. The van der Waals surface area contributed by atoms with E-state index in [0.29, 0.717) is 40.3 Å². The number of nitrogens with zero attached hydrogens (tertiary/aromatic N) is 5. The summed E-state index contributed by atoms with van der Waals surface area (Å²) in [6, 6.07) is 11.5. The number of anilines is 1. The lowest BCUT2D eigenvalue weighted by atomic mass is 10.1. The molecule has 9 heteroatoms. The van der Waals surface area contributed by atoms with Crippen molar-refractivity contribution in [2.75, 3.05) is 25.1 Å². The first-order valence-corrected chi connectivity index (χ1v) is 11.6. The van der Waals surface area contributed by atoms with Crippen LogP contribution in [0.3, 0.4) is 0 Å². The van der Waals surface area contributed by atoms with Crippen LogP contribution in [0.4, 0.5) is 5.69 Å². The summed E-state index contributed by atoms with van der Waals surface area (Å²) in [6.45, 7) is 7.48. The number of hydrogen-bond acceptors (Lipinski definition) is 5. The Balaban J connectivity index is 1.49. The fourth-order valence-electron chi connectivity index (χ4n) is 4.22. The maximum atomic E-state index is 13.3. The normalized spacial score (nSPS) is 18.5. The first-order chi connectivity index (χ1) is 15.8. The zero-order valence-corrected chi connectivity index (χ0v) is 20.6. The second-order valence-corrected chi connectivity index (χ2v) is 9.12. The molecule has 1 fully saturated rings. The van der Waals surface area contributed by atoms with E-state index in [9.17, 15) is 4.79 Å². The molecule has 0 saturated carbocycles. The van der Waals surface area contributed by atoms with Crippen LogP contribution in [0.1, 0.15) is 19.5 Å².